The van der Waals surface area contributed by atoms with Gasteiger partial charge in [0.15, 0.2) is 0 Å². The van der Waals surface area contributed by atoms with Crippen molar-refractivity contribution in [1.29, 1.82) is 0 Å². The molecule has 0 unspecified atom stereocenters. The van der Waals surface area contributed by atoms with Crippen LogP contribution >= 0.6 is 11.8 Å². The Labute approximate surface area is 92.7 Å². The molecule has 0 radical (unpaired) electrons. The molecule has 5 heteroatoms. The molecule has 0 spiro atoms. The number of aromatic nitrogens is 4. The van der Waals surface area contributed by atoms with Gasteiger partial charge in [-0.2, -0.15) is 0 Å². The minimum Gasteiger partial charge on any atom is -0.224 e. The van der Waals surface area contributed by atoms with Crippen molar-refractivity contribution in [2.75, 3.05) is 0 Å². The standard InChI is InChI=1S/C10H12N4S/c1-8-5-3-4-6-9(8)7-15-10-11-12-13-14(10)2/h3-6H,7H2,1-2H3. The topological polar surface area (TPSA) is 43.6 Å². The molecule has 4 nitrogen and oxygen atoms in total. The highest BCUT2D eigenvalue weighted by molar-refractivity contribution is 7.98. The maximum absolute atomic E-state index is 3.93. The average molecular weight is 220 g/mol. The lowest BCUT2D eigenvalue weighted by molar-refractivity contribution is 0.664. The van der Waals surface area contributed by atoms with E-state index in [1.165, 1.54) is 11.1 Å². The zero-order valence-electron chi connectivity index (χ0n) is 8.71. The fourth-order valence-electron chi connectivity index (χ4n) is 1.26. The van der Waals surface area contributed by atoms with Gasteiger partial charge in [0.1, 0.15) is 0 Å². The van der Waals surface area contributed by atoms with Crippen LogP contribution in [-0.4, -0.2) is 20.2 Å². The van der Waals surface area contributed by atoms with Crippen molar-refractivity contribution in [3.05, 3.63) is 35.4 Å². The number of nitrogens with zero attached hydrogens (tertiary/aromatic N) is 4. The quantitative estimate of drug-likeness (QED) is 0.740. The highest BCUT2D eigenvalue weighted by atomic mass is 32.2. The molecule has 2 aromatic rings. The van der Waals surface area contributed by atoms with Crippen molar-refractivity contribution in [2.24, 2.45) is 7.05 Å². The summed E-state index contributed by atoms with van der Waals surface area (Å²) < 4.78 is 1.68. The Morgan fingerprint density at radius 1 is 1.33 bits per heavy atom. The molecule has 0 bridgehead atoms. The number of aryl methyl sites for hydroxylation is 2. The third-order valence-corrected chi connectivity index (χ3v) is 3.26. The van der Waals surface area contributed by atoms with E-state index in [4.69, 9.17) is 0 Å². The van der Waals surface area contributed by atoms with E-state index in [1.807, 2.05) is 13.1 Å². The van der Waals surface area contributed by atoms with E-state index < -0.39 is 0 Å². The molecule has 0 amide bonds. The Bertz CT molecular complexity index is 452. The molecule has 15 heavy (non-hydrogen) atoms. The summed E-state index contributed by atoms with van der Waals surface area (Å²) in [5, 5.41) is 12.2. The summed E-state index contributed by atoms with van der Waals surface area (Å²) in [5.41, 5.74) is 2.63. The van der Waals surface area contributed by atoms with Gasteiger partial charge in [0, 0.05) is 12.8 Å². The lowest BCUT2D eigenvalue weighted by Crippen LogP contribution is -1.94. The smallest absolute Gasteiger partial charge is 0.209 e. The number of hydrogen-bond acceptors (Lipinski definition) is 4. The van der Waals surface area contributed by atoms with Crippen LogP contribution in [0.4, 0.5) is 0 Å². The highest BCUT2D eigenvalue weighted by Crippen LogP contribution is 2.20. The van der Waals surface area contributed by atoms with Crippen molar-refractivity contribution in [2.45, 2.75) is 17.8 Å². The molecule has 0 saturated heterocycles. The third-order valence-electron chi connectivity index (χ3n) is 2.20. The predicted molar refractivity (Wildman–Crippen MR) is 59.5 cm³/mol. The third kappa shape index (κ3) is 2.36. The van der Waals surface area contributed by atoms with E-state index >= 15 is 0 Å². The zero-order valence-corrected chi connectivity index (χ0v) is 9.53. The summed E-state index contributed by atoms with van der Waals surface area (Å²) in [6, 6.07) is 8.35. The molecular formula is C10H12N4S. The van der Waals surface area contributed by atoms with Gasteiger partial charge >= 0.3 is 0 Å². The average Bonchev–Trinajstić information content (AvgIpc) is 2.63. The van der Waals surface area contributed by atoms with E-state index in [-0.39, 0.29) is 0 Å². The van der Waals surface area contributed by atoms with Crippen LogP contribution in [0.2, 0.25) is 0 Å². The Morgan fingerprint density at radius 2 is 2.13 bits per heavy atom. The molecule has 0 N–H and O–H groups in total. The second-order valence-electron chi connectivity index (χ2n) is 3.30. The zero-order chi connectivity index (χ0) is 10.7. The number of thioether (sulfide) groups is 1. The van der Waals surface area contributed by atoms with Crippen LogP contribution in [0.3, 0.4) is 0 Å². The molecule has 0 aliphatic carbocycles. The highest BCUT2D eigenvalue weighted by Gasteiger charge is 2.04. The largest absolute Gasteiger partial charge is 0.224 e. The van der Waals surface area contributed by atoms with E-state index in [9.17, 15) is 0 Å². The van der Waals surface area contributed by atoms with Gasteiger partial charge in [-0.1, -0.05) is 36.0 Å². The molecule has 0 saturated carbocycles. The number of hydrogen-bond donors (Lipinski definition) is 0. The maximum Gasteiger partial charge on any atom is 0.209 e. The van der Waals surface area contributed by atoms with Crippen LogP contribution in [-0.2, 0) is 12.8 Å². The Kier molecular flexibility index (Phi) is 3.01. The van der Waals surface area contributed by atoms with Crippen LogP contribution in [0.25, 0.3) is 0 Å². The van der Waals surface area contributed by atoms with Crippen molar-refractivity contribution < 1.29 is 0 Å². The van der Waals surface area contributed by atoms with Gasteiger partial charge in [-0.3, -0.25) is 0 Å². The van der Waals surface area contributed by atoms with E-state index in [0.29, 0.717) is 0 Å². The van der Waals surface area contributed by atoms with Gasteiger partial charge in [0.25, 0.3) is 0 Å². The van der Waals surface area contributed by atoms with Crippen LogP contribution in [0.15, 0.2) is 29.4 Å². The molecule has 0 aliphatic rings. The lowest BCUT2D eigenvalue weighted by atomic mass is 10.1. The number of tetrazole rings is 1. The van der Waals surface area contributed by atoms with Crippen molar-refractivity contribution >= 4 is 11.8 Å². The second kappa shape index (κ2) is 4.44. The second-order valence-corrected chi connectivity index (χ2v) is 4.24. The molecule has 1 aromatic carbocycles. The minimum atomic E-state index is 0.846. The first-order valence-electron chi connectivity index (χ1n) is 4.67. The maximum atomic E-state index is 3.93. The van der Waals surface area contributed by atoms with Crippen molar-refractivity contribution in [3.8, 4) is 0 Å². The van der Waals surface area contributed by atoms with E-state index in [1.54, 1.807) is 16.4 Å². The van der Waals surface area contributed by atoms with Crippen molar-refractivity contribution in [3.63, 3.8) is 0 Å². The van der Waals surface area contributed by atoms with Gasteiger partial charge in [-0.25, -0.2) is 4.68 Å². The predicted octanol–water partition coefficient (Wildman–Crippen LogP) is 1.81. The van der Waals surface area contributed by atoms with E-state index in [0.717, 1.165) is 10.9 Å². The first-order valence-corrected chi connectivity index (χ1v) is 5.65. The first-order chi connectivity index (χ1) is 7.27. The molecule has 1 aromatic heterocycles. The molecule has 0 fully saturated rings. The lowest BCUT2D eigenvalue weighted by Gasteiger charge is -2.03. The number of benzene rings is 1. The molecule has 2 rings (SSSR count). The molecule has 1 heterocycles. The van der Waals surface area contributed by atoms with Gasteiger partial charge in [0.2, 0.25) is 5.16 Å². The van der Waals surface area contributed by atoms with Gasteiger partial charge < -0.3 is 0 Å². The summed E-state index contributed by atoms with van der Waals surface area (Å²) in [4.78, 5) is 0. The SMILES string of the molecule is Cc1ccccc1CSc1nnnn1C. The Morgan fingerprint density at radius 3 is 2.80 bits per heavy atom. The monoisotopic (exact) mass is 220 g/mol. The summed E-state index contributed by atoms with van der Waals surface area (Å²) in [6.45, 7) is 2.12. The molecule has 0 atom stereocenters. The van der Waals surface area contributed by atoms with Crippen LogP contribution in [0.1, 0.15) is 11.1 Å². The summed E-state index contributed by atoms with van der Waals surface area (Å²) in [7, 11) is 1.85. The Balaban J connectivity index is 2.06. The fraction of sp³-hybridized carbons (Fsp3) is 0.300. The molecule has 78 valence electrons. The summed E-state index contributed by atoms with van der Waals surface area (Å²) >= 11 is 1.65. The van der Waals surface area contributed by atoms with Gasteiger partial charge in [0.05, 0.1) is 0 Å². The van der Waals surface area contributed by atoms with E-state index in [2.05, 4.69) is 40.6 Å². The Hall–Kier alpha value is -1.36. The van der Waals surface area contributed by atoms with Crippen LogP contribution < -0.4 is 0 Å². The summed E-state index contributed by atoms with van der Waals surface area (Å²) in [6.07, 6.45) is 0. The van der Waals surface area contributed by atoms with Gasteiger partial charge in [-0.15, -0.1) is 5.10 Å². The first kappa shape index (κ1) is 10.2. The van der Waals surface area contributed by atoms with Crippen LogP contribution in [0.5, 0.6) is 0 Å². The summed E-state index contributed by atoms with van der Waals surface area (Å²) in [5.74, 6) is 0.904. The fourth-order valence-corrected chi connectivity index (χ4v) is 2.18. The van der Waals surface area contributed by atoms with Crippen molar-refractivity contribution in [1.82, 2.24) is 20.2 Å². The normalized spacial score (nSPS) is 10.5. The number of rotatable bonds is 3. The minimum absolute atomic E-state index is 0.846. The molecular weight excluding hydrogens is 208 g/mol. The van der Waals surface area contributed by atoms with Gasteiger partial charge in [-0.05, 0) is 28.5 Å². The molecule has 0 aliphatic heterocycles. The van der Waals surface area contributed by atoms with Crippen LogP contribution in [0, 0.1) is 6.92 Å².